The molecule has 0 aliphatic heterocycles. The molecule has 162 valence electrons. The van der Waals surface area contributed by atoms with E-state index in [9.17, 15) is 13.6 Å². The number of halogens is 2. The summed E-state index contributed by atoms with van der Waals surface area (Å²) in [7, 11) is 0. The summed E-state index contributed by atoms with van der Waals surface area (Å²) in [5, 5.41) is 10.2. The Bertz CT molecular complexity index is 1090. The maximum absolute atomic E-state index is 13.5. The van der Waals surface area contributed by atoms with Gasteiger partial charge in [0.15, 0.2) is 0 Å². The summed E-state index contributed by atoms with van der Waals surface area (Å²) >= 11 is 0. The summed E-state index contributed by atoms with van der Waals surface area (Å²) in [5.74, 6) is -1.18. The minimum atomic E-state index is -0.503. The molecule has 6 nitrogen and oxygen atoms in total. The second-order valence-electron chi connectivity index (χ2n) is 7.04. The summed E-state index contributed by atoms with van der Waals surface area (Å²) in [6.45, 7) is 7.20. The van der Waals surface area contributed by atoms with Crippen LogP contribution >= 0.6 is 0 Å². The number of carbonyl (C=O) groups is 1. The molecule has 0 atom stereocenters. The van der Waals surface area contributed by atoms with Crippen LogP contribution < -0.4 is 10.6 Å². The summed E-state index contributed by atoms with van der Waals surface area (Å²) in [6.07, 6.45) is 0.641. The van der Waals surface area contributed by atoms with Gasteiger partial charge in [0.1, 0.15) is 11.6 Å². The summed E-state index contributed by atoms with van der Waals surface area (Å²) in [6, 6.07) is 11.1. The van der Waals surface area contributed by atoms with Gasteiger partial charge in [0.05, 0.1) is 5.69 Å². The van der Waals surface area contributed by atoms with Gasteiger partial charge in [-0.05, 0) is 75.2 Å². The number of guanidine groups is 1. The van der Waals surface area contributed by atoms with Crippen molar-refractivity contribution < 1.29 is 13.6 Å². The molecule has 0 radical (unpaired) electrons. The fraction of sp³-hybridized carbons (Fsp3) is 0.261. The Morgan fingerprint density at radius 2 is 1.84 bits per heavy atom. The molecule has 0 bridgehead atoms. The van der Waals surface area contributed by atoms with Gasteiger partial charge in [-0.15, -0.1) is 0 Å². The van der Waals surface area contributed by atoms with Gasteiger partial charge in [0.25, 0.3) is 5.91 Å². The van der Waals surface area contributed by atoms with Gasteiger partial charge in [-0.3, -0.25) is 19.8 Å². The van der Waals surface area contributed by atoms with Gasteiger partial charge in [-0.25, -0.2) is 8.78 Å². The molecule has 0 aliphatic carbocycles. The molecule has 2 N–H and O–H groups in total. The van der Waals surface area contributed by atoms with Crippen molar-refractivity contribution in [2.75, 3.05) is 11.9 Å². The third kappa shape index (κ3) is 5.75. The summed E-state index contributed by atoms with van der Waals surface area (Å²) in [5.41, 5.74) is 3.89. The Morgan fingerprint density at radius 3 is 2.48 bits per heavy atom. The predicted octanol–water partition coefficient (Wildman–Crippen LogP) is 4.24. The highest BCUT2D eigenvalue weighted by Gasteiger charge is 2.12. The van der Waals surface area contributed by atoms with E-state index in [0.29, 0.717) is 18.7 Å². The van der Waals surface area contributed by atoms with Crippen molar-refractivity contribution in [2.24, 2.45) is 4.99 Å². The number of benzene rings is 2. The second kappa shape index (κ2) is 9.97. The lowest BCUT2D eigenvalue weighted by Crippen LogP contribution is -2.36. The van der Waals surface area contributed by atoms with Crippen LogP contribution in [-0.2, 0) is 13.0 Å². The smallest absolute Gasteiger partial charge is 0.258 e. The molecule has 0 fully saturated rings. The van der Waals surface area contributed by atoms with Crippen LogP contribution in [0, 0.1) is 25.5 Å². The number of nitrogens with zero attached hydrogens (tertiary/aromatic N) is 3. The van der Waals surface area contributed by atoms with Gasteiger partial charge in [0.2, 0.25) is 5.96 Å². The van der Waals surface area contributed by atoms with E-state index in [1.165, 1.54) is 30.3 Å². The molecule has 0 spiro atoms. The number of amides is 1. The maximum atomic E-state index is 13.5. The number of hydrogen-bond acceptors (Lipinski definition) is 3. The molecule has 8 heteroatoms. The zero-order valence-electron chi connectivity index (χ0n) is 17.7. The highest BCUT2D eigenvalue weighted by Crippen LogP contribution is 2.14. The van der Waals surface area contributed by atoms with Gasteiger partial charge in [-0.1, -0.05) is 6.07 Å². The Kier molecular flexibility index (Phi) is 7.12. The van der Waals surface area contributed by atoms with Crippen LogP contribution in [0.5, 0.6) is 0 Å². The Hall–Kier alpha value is -3.55. The van der Waals surface area contributed by atoms with E-state index in [4.69, 9.17) is 0 Å². The third-order valence-corrected chi connectivity index (χ3v) is 4.89. The average Bonchev–Trinajstić information content (AvgIpc) is 3.02. The molecule has 1 heterocycles. The molecule has 0 saturated carbocycles. The minimum absolute atomic E-state index is 0.171. The van der Waals surface area contributed by atoms with Crippen molar-refractivity contribution in [1.82, 2.24) is 15.1 Å². The van der Waals surface area contributed by atoms with E-state index in [0.717, 1.165) is 29.6 Å². The molecule has 1 amide bonds. The Balaban J connectivity index is 1.78. The first kappa shape index (κ1) is 22.1. The quantitative estimate of drug-likeness (QED) is 0.458. The molecule has 3 rings (SSSR count). The van der Waals surface area contributed by atoms with E-state index in [2.05, 4.69) is 20.7 Å². The van der Waals surface area contributed by atoms with Crippen molar-refractivity contribution in [2.45, 2.75) is 33.7 Å². The molecule has 2 aromatic carbocycles. The lowest BCUT2D eigenvalue weighted by molar-refractivity contribution is 0.0976. The van der Waals surface area contributed by atoms with Crippen molar-refractivity contribution in [3.8, 4) is 0 Å². The Labute approximate surface area is 180 Å². The highest BCUT2D eigenvalue weighted by molar-refractivity contribution is 6.09. The predicted molar refractivity (Wildman–Crippen MR) is 117 cm³/mol. The number of anilines is 1. The number of aliphatic imine (C=N–C) groups is 1. The fourth-order valence-corrected chi connectivity index (χ4v) is 3.27. The fourth-order valence-electron chi connectivity index (χ4n) is 3.27. The number of carbonyl (C=O) groups excluding carboxylic acids is 1. The lowest BCUT2D eigenvalue weighted by Gasteiger charge is -2.12. The van der Waals surface area contributed by atoms with Crippen LogP contribution in [0.15, 0.2) is 53.5 Å². The first-order valence-electron chi connectivity index (χ1n) is 10.0. The van der Waals surface area contributed by atoms with Crippen LogP contribution in [0.1, 0.15) is 34.2 Å². The van der Waals surface area contributed by atoms with Gasteiger partial charge < -0.3 is 5.32 Å². The number of rotatable bonds is 6. The molecule has 0 saturated heterocycles. The van der Waals surface area contributed by atoms with Crippen LogP contribution in [-0.4, -0.2) is 28.2 Å². The monoisotopic (exact) mass is 425 g/mol. The molecular formula is C23H25F2N5O. The maximum Gasteiger partial charge on any atom is 0.258 e. The highest BCUT2D eigenvalue weighted by atomic mass is 19.1. The minimum Gasteiger partial charge on any atom is -0.326 e. The van der Waals surface area contributed by atoms with Crippen LogP contribution in [0.2, 0.25) is 0 Å². The topological polar surface area (TPSA) is 71.3 Å². The molecule has 3 aromatic rings. The summed E-state index contributed by atoms with van der Waals surface area (Å²) < 4.78 is 28.6. The van der Waals surface area contributed by atoms with E-state index >= 15 is 0 Å². The number of aryl methyl sites for hydroxylation is 2. The van der Waals surface area contributed by atoms with E-state index in [-0.39, 0.29) is 17.3 Å². The number of aromatic nitrogens is 2. The van der Waals surface area contributed by atoms with Crippen LogP contribution in [0.25, 0.3) is 0 Å². The van der Waals surface area contributed by atoms with Crippen molar-refractivity contribution in [3.05, 3.63) is 82.7 Å². The molecule has 0 unspecified atom stereocenters. The molecule has 1 aromatic heterocycles. The van der Waals surface area contributed by atoms with Crippen molar-refractivity contribution >= 4 is 17.6 Å². The number of hydrogen-bond donors (Lipinski definition) is 2. The van der Waals surface area contributed by atoms with Crippen LogP contribution in [0.3, 0.4) is 0 Å². The standard InChI is InChI=1S/C23H25F2N5O/c1-4-30-16(3)21(15(2)29-30)12-13-26-23(27-20-10-8-18(24)9-11-20)28-22(31)17-6-5-7-19(25)14-17/h5-11,14H,4,12-13H2,1-3H3,(H2,26,27,28,31). The van der Waals surface area contributed by atoms with Gasteiger partial charge >= 0.3 is 0 Å². The second-order valence-corrected chi connectivity index (χ2v) is 7.04. The summed E-state index contributed by atoms with van der Waals surface area (Å²) in [4.78, 5) is 17.1. The largest absolute Gasteiger partial charge is 0.326 e. The molecular weight excluding hydrogens is 400 g/mol. The van der Waals surface area contributed by atoms with E-state index in [1.54, 1.807) is 12.1 Å². The van der Waals surface area contributed by atoms with E-state index in [1.807, 2.05) is 25.5 Å². The van der Waals surface area contributed by atoms with Crippen molar-refractivity contribution in [3.63, 3.8) is 0 Å². The normalized spacial score (nSPS) is 11.5. The van der Waals surface area contributed by atoms with Crippen molar-refractivity contribution in [1.29, 1.82) is 0 Å². The first-order chi connectivity index (χ1) is 14.9. The zero-order chi connectivity index (χ0) is 22.4. The average molecular weight is 425 g/mol. The molecule has 0 aliphatic rings. The van der Waals surface area contributed by atoms with Gasteiger partial charge in [0, 0.05) is 30.0 Å². The Morgan fingerprint density at radius 1 is 1.10 bits per heavy atom. The van der Waals surface area contributed by atoms with Crippen LogP contribution in [0.4, 0.5) is 14.5 Å². The molecule has 31 heavy (non-hydrogen) atoms. The first-order valence-corrected chi connectivity index (χ1v) is 10.0. The van der Waals surface area contributed by atoms with E-state index < -0.39 is 11.7 Å². The number of nitrogens with one attached hydrogen (secondary N) is 2. The van der Waals surface area contributed by atoms with Gasteiger partial charge in [-0.2, -0.15) is 5.10 Å². The third-order valence-electron chi connectivity index (χ3n) is 4.89. The zero-order valence-corrected chi connectivity index (χ0v) is 17.7. The lowest BCUT2D eigenvalue weighted by atomic mass is 10.1. The SMILES string of the molecule is CCn1nc(C)c(CCN=C(NC(=O)c2cccc(F)c2)Nc2ccc(F)cc2)c1C.